The molecule has 0 spiro atoms. The first-order valence-corrected chi connectivity index (χ1v) is 6.19. The van der Waals surface area contributed by atoms with Crippen LogP contribution in [-0.2, 0) is 16.1 Å². The van der Waals surface area contributed by atoms with Gasteiger partial charge in [0.15, 0.2) is 6.17 Å². The van der Waals surface area contributed by atoms with Gasteiger partial charge < -0.3 is 15.8 Å². The number of hydrogen-bond acceptors (Lipinski definition) is 4. The molecule has 1 aliphatic rings. The predicted octanol–water partition coefficient (Wildman–Crippen LogP) is 0.430. The van der Waals surface area contributed by atoms with E-state index in [0.717, 1.165) is 5.56 Å². The SMILES string of the molecule is NC1C(=O)NCCCN1C(=O)OCc1ccccc1. The van der Waals surface area contributed by atoms with E-state index in [1.165, 1.54) is 4.90 Å². The van der Waals surface area contributed by atoms with E-state index in [-0.39, 0.29) is 12.5 Å². The monoisotopic (exact) mass is 263 g/mol. The van der Waals surface area contributed by atoms with Gasteiger partial charge in [-0.15, -0.1) is 0 Å². The molecule has 1 fully saturated rings. The van der Waals surface area contributed by atoms with Gasteiger partial charge in [-0.25, -0.2) is 4.79 Å². The average molecular weight is 263 g/mol. The number of rotatable bonds is 2. The first kappa shape index (κ1) is 13.4. The van der Waals surface area contributed by atoms with Crippen LogP contribution in [0.25, 0.3) is 0 Å². The van der Waals surface area contributed by atoms with Gasteiger partial charge in [0.25, 0.3) is 5.91 Å². The Kier molecular flexibility index (Phi) is 4.35. The van der Waals surface area contributed by atoms with Crippen LogP contribution >= 0.6 is 0 Å². The van der Waals surface area contributed by atoms with Crippen LogP contribution in [0.1, 0.15) is 12.0 Å². The van der Waals surface area contributed by atoms with E-state index in [1.807, 2.05) is 30.3 Å². The zero-order valence-corrected chi connectivity index (χ0v) is 10.5. The predicted molar refractivity (Wildman–Crippen MR) is 68.9 cm³/mol. The Hall–Kier alpha value is -2.08. The largest absolute Gasteiger partial charge is 0.444 e. The highest BCUT2D eigenvalue weighted by Crippen LogP contribution is 2.07. The highest BCUT2D eigenvalue weighted by atomic mass is 16.6. The van der Waals surface area contributed by atoms with Gasteiger partial charge in [0.2, 0.25) is 0 Å². The number of amides is 2. The average Bonchev–Trinajstić information content (AvgIpc) is 2.60. The van der Waals surface area contributed by atoms with Crippen molar-refractivity contribution in [3.8, 4) is 0 Å². The second-order valence-electron chi connectivity index (χ2n) is 4.32. The number of benzene rings is 1. The van der Waals surface area contributed by atoms with Crippen LogP contribution in [0.4, 0.5) is 4.79 Å². The van der Waals surface area contributed by atoms with Crippen molar-refractivity contribution < 1.29 is 14.3 Å². The lowest BCUT2D eigenvalue weighted by atomic mass is 10.2. The molecule has 1 aromatic carbocycles. The Labute approximate surface area is 111 Å². The van der Waals surface area contributed by atoms with E-state index in [0.29, 0.717) is 19.5 Å². The smallest absolute Gasteiger partial charge is 0.411 e. The first-order valence-electron chi connectivity index (χ1n) is 6.19. The highest BCUT2D eigenvalue weighted by molar-refractivity contribution is 5.85. The van der Waals surface area contributed by atoms with E-state index in [2.05, 4.69) is 5.32 Å². The molecule has 2 amide bonds. The van der Waals surface area contributed by atoms with Crippen molar-refractivity contribution >= 4 is 12.0 Å². The lowest BCUT2D eigenvalue weighted by Gasteiger charge is -2.24. The van der Waals surface area contributed by atoms with E-state index >= 15 is 0 Å². The summed E-state index contributed by atoms with van der Waals surface area (Å²) in [6.45, 7) is 1.10. The fraction of sp³-hybridized carbons (Fsp3) is 0.385. The molecule has 0 aliphatic carbocycles. The molecular weight excluding hydrogens is 246 g/mol. The molecule has 1 aliphatic heterocycles. The molecule has 19 heavy (non-hydrogen) atoms. The number of nitrogens with one attached hydrogen (secondary N) is 1. The minimum absolute atomic E-state index is 0.171. The van der Waals surface area contributed by atoms with Crippen molar-refractivity contribution in [2.24, 2.45) is 5.73 Å². The van der Waals surface area contributed by atoms with Gasteiger partial charge in [-0.3, -0.25) is 9.69 Å². The summed E-state index contributed by atoms with van der Waals surface area (Å²) in [7, 11) is 0. The maximum atomic E-state index is 11.9. The highest BCUT2D eigenvalue weighted by Gasteiger charge is 2.29. The van der Waals surface area contributed by atoms with Crippen LogP contribution in [0.5, 0.6) is 0 Å². The Morgan fingerprint density at radius 2 is 2.16 bits per heavy atom. The Morgan fingerprint density at radius 1 is 1.42 bits per heavy atom. The summed E-state index contributed by atoms with van der Waals surface area (Å²) in [6, 6.07) is 9.35. The third-order valence-corrected chi connectivity index (χ3v) is 2.92. The molecule has 1 aromatic rings. The van der Waals surface area contributed by atoms with Gasteiger partial charge in [0, 0.05) is 13.1 Å². The van der Waals surface area contributed by atoms with Gasteiger partial charge >= 0.3 is 6.09 Å². The summed E-state index contributed by atoms with van der Waals surface area (Å²) in [4.78, 5) is 24.7. The third kappa shape index (κ3) is 3.45. The van der Waals surface area contributed by atoms with E-state index in [4.69, 9.17) is 10.5 Å². The van der Waals surface area contributed by atoms with Crippen LogP contribution in [-0.4, -0.2) is 36.2 Å². The molecule has 6 heteroatoms. The molecule has 3 N–H and O–H groups in total. The minimum atomic E-state index is -0.981. The molecule has 1 unspecified atom stereocenters. The topological polar surface area (TPSA) is 84.7 Å². The summed E-state index contributed by atoms with van der Waals surface area (Å²) < 4.78 is 5.17. The number of nitrogens with two attached hydrogens (primary N) is 1. The molecule has 0 aromatic heterocycles. The molecule has 102 valence electrons. The second kappa shape index (κ2) is 6.19. The lowest BCUT2D eigenvalue weighted by Crippen LogP contribution is -2.52. The second-order valence-corrected chi connectivity index (χ2v) is 4.32. The number of carbonyl (C=O) groups excluding carboxylic acids is 2. The molecule has 1 atom stereocenters. The van der Waals surface area contributed by atoms with Crippen molar-refractivity contribution in [3.63, 3.8) is 0 Å². The fourth-order valence-corrected chi connectivity index (χ4v) is 1.85. The summed E-state index contributed by atoms with van der Waals surface area (Å²) in [5, 5.41) is 2.64. The molecule has 2 rings (SSSR count). The maximum absolute atomic E-state index is 11.9. The molecule has 0 saturated carbocycles. The fourth-order valence-electron chi connectivity index (χ4n) is 1.85. The standard InChI is InChI=1S/C13H17N3O3/c14-11-12(17)15-7-4-8-16(11)13(18)19-9-10-5-2-1-3-6-10/h1-3,5-6,11H,4,7-9,14H2,(H,15,17). The van der Waals surface area contributed by atoms with Crippen LogP contribution in [0.3, 0.4) is 0 Å². The normalized spacial score (nSPS) is 19.5. The third-order valence-electron chi connectivity index (χ3n) is 2.92. The molecule has 1 saturated heterocycles. The summed E-state index contributed by atoms with van der Waals surface area (Å²) in [6.07, 6.45) is -0.876. The van der Waals surface area contributed by atoms with Crippen molar-refractivity contribution in [1.29, 1.82) is 0 Å². The van der Waals surface area contributed by atoms with Crippen molar-refractivity contribution in [2.45, 2.75) is 19.2 Å². The van der Waals surface area contributed by atoms with Crippen molar-refractivity contribution in [1.82, 2.24) is 10.2 Å². The van der Waals surface area contributed by atoms with Gasteiger partial charge in [-0.2, -0.15) is 0 Å². The zero-order chi connectivity index (χ0) is 13.7. The molecule has 1 heterocycles. The van der Waals surface area contributed by atoms with E-state index in [9.17, 15) is 9.59 Å². The van der Waals surface area contributed by atoms with Gasteiger partial charge in [-0.05, 0) is 12.0 Å². The Bertz CT molecular complexity index is 450. The van der Waals surface area contributed by atoms with Gasteiger partial charge in [0.1, 0.15) is 6.61 Å². The molecule has 0 radical (unpaired) electrons. The number of ether oxygens (including phenoxy) is 1. The lowest BCUT2D eigenvalue weighted by molar-refractivity contribution is -0.125. The molecule has 6 nitrogen and oxygen atoms in total. The van der Waals surface area contributed by atoms with Crippen LogP contribution in [0, 0.1) is 0 Å². The first-order chi connectivity index (χ1) is 9.18. The van der Waals surface area contributed by atoms with E-state index < -0.39 is 12.3 Å². The van der Waals surface area contributed by atoms with Gasteiger partial charge in [0.05, 0.1) is 0 Å². The number of carbonyl (C=O) groups is 2. The quantitative estimate of drug-likeness (QED) is 0.810. The Morgan fingerprint density at radius 3 is 2.89 bits per heavy atom. The van der Waals surface area contributed by atoms with Crippen molar-refractivity contribution in [3.05, 3.63) is 35.9 Å². The van der Waals surface area contributed by atoms with Gasteiger partial charge in [-0.1, -0.05) is 30.3 Å². The zero-order valence-electron chi connectivity index (χ0n) is 10.5. The van der Waals surface area contributed by atoms with Crippen LogP contribution in [0.15, 0.2) is 30.3 Å². The Balaban J connectivity index is 1.93. The van der Waals surface area contributed by atoms with Crippen LogP contribution < -0.4 is 11.1 Å². The number of hydrogen-bond donors (Lipinski definition) is 2. The maximum Gasteiger partial charge on any atom is 0.411 e. The van der Waals surface area contributed by atoms with Crippen LogP contribution in [0.2, 0.25) is 0 Å². The van der Waals surface area contributed by atoms with Crippen molar-refractivity contribution in [2.75, 3.05) is 13.1 Å². The number of nitrogens with zero attached hydrogens (tertiary/aromatic N) is 1. The minimum Gasteiger partial charge on any atom is -0.444 e. The molecule has 0 bridgehead atoms. The van der Waals surface area contributed by atoms with E-state index in [1.54, 1.807) is 0 Å². The summed E-state index contributed by atoms with van der Waals surface area (Å²) in [5.41, 5.74) is 6.60. The summed E-state index contributed by atoms with van der Waals surface area (Å²) >= 11 is 0. The summed E-state index contributed by atoms with van der Waals surface area (Å²) in [5.74, 6) is -0.353. The molecular formula is C13H17N3O3.